The van der Waals surface area contributed by atoms with Gasteiger partial charge in [-0.25, -0.2) is 4.98 Å². The number of methoxy groups -OCH3 is 1. The van der Waals surface area contributed by atoms with Crippen molar-refractivity contribution in [1.29, 1.82) is 0 Å². The lowest BCUT2D eigenvalue weighted by atomic mass is 10.1. The Morgan fingerprint density at radius 3 is 2.38 bits per heavy atom. The average molecular weight is 391 g/mol. The number of carbonyl (C=O) groups excluding carboxylic acids is 1. The van der Waals surface area contributed by atoms with E-state index in [1.54, 1.807) is 19.4 Å². The van der Waals surface area contributed by atoms with E-state index in [-0.39, 0.29) is 11.9 Å². The van der Waals surface area contributed by atoms with Crippen LogP contribution in [-0.2, 0) is 0 Å². The number of hydrogen-bond acceptors (Lipinski definition) is 5. The van der Waals surface area contributed by atoms with Gasteiger partial charge >= 0.3 is 0 Å². The third kappa shape index (κ3) is 5.97. The smallest absolute Gasteiger partial charge is 0.252 e. The zero-order valence-corrected chi connectivity index (χ0v) is 16.6. The maximum Gasteiger partial charge on any atom is 0.252 e. The van der Waals surface area contributed by atoms with E-state index >= 15 is 0 Å². The van der Waals surface area contributed by atoms with E-state index in [4.69, 9.17) is 9.47 Å². The average Bonchev–Trinajstić information content (AvgIpc) is 2.78. The number of hydrogen-bond donors (Lipinski definition) is 2. The number of nitrogens with zero attached hydrogens (tertiary/aromatic N) is 1. The molecule has 0 bridgehead atoms. The van der Waals surface area contributed by atoms with E-state index in [1.165, 1.54) is 5.56 Å². The first kappa shape index (κ1) is 20.2. The monoisotopic (exact) mass is 391 g/mol. The minimum atomic E-state index is -0.182. The molecule has 0 saturated heterocycles. The summed E-state index contributed by atoms with van der Waals surface area (Å²) in [5, 5.41) is 6.16. The molecule has 0 aliphatic carbocycles. The predicted molar refractivity (Wildman–Crippen MR) is 114 cm³/mol. The fourth-order valence-corrected chi connectivity index (χ4v) is 2.77. The minimum absolute atomic E-state index is 0.124. The molecule has 0 fully saturated rings. The molecule has 2 aromatic carbocycles. The largest absolute Gasteiger partial charge is 0.497 e. The van der Waals surface area contributed by atoms with Crippen LogP contribution in [0.2, 0.25) is 0 Å². The molecule has 150 valence electrons. The van der Waals surface area contributed by atoms with Crippen LogP contribution in [0.3, 0.4) is 0 Å². The van der Waals surface area contributed by atoms with Crippen LogP contribution >= 0.6 is 0 Å². The molecule has 0 aliphatic rings. The van der Waals surface area contributed by atoms with E-state index in [1.807, 2.05) is 48.5 Å². The molecule has 1 unspecified atom stereocenters. The van der Waals surface area contributed by atoms with Gasteiger partial charge in [0.05, 0.1) is 19.2 Å². The van der Waals surface area contributed by atoms with Crippen molar-refractivity contribution in [2.75, 3.05) is 25.6 Å². The van der Waals surface area contributed by atoms with Gasteiger partial charge < -0.3 is 20.1 Å². The number of rotatable bonds is 9. The summed E-state index contributed by atoms with van der Waals surface area (Å²) in [6.07, 6.45) is 1.57. The Balaban J connectivity index is 1.43. The summed E-state index contributed by atoms with van der Waals surface area (Å²) in [6.45, 7) is 2.84. The summed E-state index contributed by atoms with van der Waals surface area (Å²) in [5.74, 6) is 2.04. The Morgan fingerprint density at radius 2 is 1.72 bits per heavy atom. The zero-order valence-electron chi connectivity index (χ0n) is 16.6. The molecule has 1 aromatic heterocycles. The normalized spacial score (nSPS) is 11.4. The highest BCUT2D eigenvalue weighted by molar-refractivity contribution is 5.94. The van der Waals surface area contributed by atoms with Crippen molar-refractivity contribution < 1.29 is 14.3 Å². The predicted octanol–water partition coefficient (Wildman–Crippen LogP) is 4.07. The molecule has 3 aromatic rings. The second-order valence-electron chi connectivity index (χ2n) is 6.49. The Morgan fingerprint density at radius 1 is 1.00 bits per heavy atom. The fraction of sp³-hybridized carbons (Fsp3) is 0.217. The van der Waals surface area contributed by atoms with Crippen molar-refractivity contribution in [3.05, 3.63) is 84.1 Å². The van der Waals surface area contributed by atoms with Gasteiger partial charge in [0.25, 0.3) is 5.91 Å². The molecule has 1 amide bonds. The minimum Gasteiger partial charge on any atom is -0.497 e. The Hall–Kier alpha value is -3.54. The van der Waals surface area contributed by atoms with Crippen LogP contribution in [0.4, 0.5) is 5.82 Å². The summed E-state index contributed by atoms with van der Waals surface area (Å²) in [5.41, 5.74) is 1.68. The molecule has 2 N–H and O–H groups in total. The number of ether oxygens (including phenoxy) is 2. The van der Waals surface area contributed by atoms with Crippen LogP contribution in [0, 0.1) is 0 Å². The van der Waals surface area contributed by atoms with E-state index in [0.717, 1.165) is 17.3 Å². The first-order chi connectivity index (χ1) is 14.2. The fourth-order valence-electron chi connectivity index (χ4n) is 2.77. The van der Waals surface area contributed by atoms with Gasteiger partial charge in [-0.2, -0.15) is 0 Å². The van der Waals surface area contributed by atoms with Crippen LogP contribution in [0.1, 0.15) is 28.9 Å². The molecule has 0 saturated carbocycles. The van der Waals surface area contributed by atoms with Crippen LogP contribution in [0.25, 0.3) is 0 Å². The standard InChI is InChI=1S/C23H25N3O3/c1-17(18-6-4-3-5-7-18)26-22-13-8-19(16-25-22)23(27)24-14-15-29-21-11-9-20(28-2)10-12-21/h3-13,16-17H,14-15H2,1-2H3,(H,24,27)(H,25,26). The summed E-state index contributed by atoms with van der Waals surface area (Å²) >= 11 is 0. The van der Waals surface area contributed by atoms with Gasteiger partial charge in [-0.1, -0.05) is 30.3 Å². The highest BCUT2D eigenvalue weighted by Gasteiger charge is 2.08. The van der Waals surface area contributed by atoms with Gasteiger partial charge in [0.2, 0.25) is 0 Å². The Bertz CT molecular complexity index is 897. The number of pyridine rings is 1. The molecular formula is C23H25N3O3. The van der Waals surface area contributed by atoms with Gasteiger partial charge in [-0.15, -0.1) is 0 Å². The maximum atomic E-state index is 12.3. The van der Waals surface area contributed by atoms with Crippen molar-refractivity contribution >= 4 is 11.7 Å². The van der Waals surface area contributed by atoms with Crippen LogP contribution < -0.4 is 20.1 Å². The SMILES string of the molecule is COc1ccc(OCCNC(=O)c2ccc(NC(C)c3ccccc3)nc2)cc1. The lowest BCUT2D eigenvalue weighted by Gasteiger charge is -2.15. The topological polar surface area (TPSA) is 72.5 Å². The summed E-state index contributed by atoms with van der Waals surface area (Å²) in [4.78, 5) is 16.6. The first-order valence-corrected chi connectivity index (χ1v) is 9.48. The number of nitrogens with one attached hydrogen (secondary N) is 2. The summed E-state index contributed by atoms with van der Waals surface area (Å²) in [7, 11) is 1.62. The third-order valence-electron chi connectivity index (χ3n) is 4.41. The van der Waals surface area contributed by atoms with Gasteiger partial charge in [-0.05, 0) is 48.9 Å². The molecular weight excluding hydrogens is 366 g/mol. The van der Waals surface area contributed by atoms with Crippen molar-refractivity contribution in [3.63, 3.8) is 0 Å². The first-order valence-electron chi connectivity index (χ1n) is 9.48. The summed E-state index contributed by atoms with van der Waals surface area (Å²) < 4.78 is 10.7. The highest BCUT2D eigenvalue weighted by Crippen LogP contribution is 2.18. The van der Waals surface area contributed by atoms with E-state index in [0.29, 0.717) is 18.7 Å². The number of anilines is 1. The molecule has 6 nitrogen and oxygen atoms in total. The molecule has 29 heavy (non-hydrogen) atoms. The van der Waals surface area contributed by atoms with Crippen molar-refractivity contribution in [2.24, 2.45) is 0 Å². The number of benzene rings is 2. The van der Waals surface area contributed by atoms with Crippen molar-refractivity contribution in [1.82, 2.24) is 10.3 Å². The molecule has 0 spiro atoms. The van der Waals surface area contributed by atoms with E-state index < -0.39 is 0 Å². The quantitative estimate of drug-likeness (QED) is 0.538. The second-order valence-corrected chi connectivity index (χ2v) is 6.49. The van der Waals surface area contributed by atoms with Crippen molar-refractivity contribution in [2.45, 2.75) is 13.0 Å². The lowest BCUT2D eigenvalue weighted by molar-refractivity contribution is 0.0946. The van der Waals surface area contributed by atoms with Crippen LogP contribution in [0.15, 0.2) is 72.9 Å². The summed E-state index contributed by atoms with van der Waals surface area (Å²) in [6, 6.07) is 21.1. The van der Waals surface area contributed by atoms with Crippen LogP contribution in [-0.4, -0.2) is 31.2 Å². The molecule has 0 radical (unpaired) electrons. The van der Waals surface area contributed by atoms with Gasteiger partial charge in [0.1, 0.15) is 23.9 Å². The molecule has 1 atom stereocenters. The highest BCUT2D eigenvalue weighted by atomic mass is 16.5. The number of carbonyl (C=O) groups is 1. The Kier molecular flexibility index (Phi) is 7.05. The van der Waals surface area contributed by atoms with Crippen molar-refractivity contribution in [3.8, 4) is 11.5 Å². The molecule has 1 heterocycles. The molecule has 6 heteroatoms. The zero-order chi connectivity index (χ0) is 20.5. The molecule has 3 rings (SSSR count). The van der Waals surface area contributed by atoms with Gasteiger partial charge in [-0.3, -0.25) is 4.79 Å². The Labute approximate surface area is 170 Å². The van der Waals surface area contributed by atoms with E-state index in [2.05, 4.69) is 34.7 Å². The number of amides is 1. The lowest BCUT2D eigenvalue weighted by Crippen LogP contribution is -2.28. The molecule has 0 aliphatic heterocycles. The third-order valence-corrected chi connectivity index (χ3v) is 4.41. The second kappa shape index (κ2) is 10.1. The van der Waals surface area contributed by atoms with Crippen LogP contribution in [0.5, 0.6) is 11.5 Å². The maximum absolute atomic E-state index is 12.3. The van der Waals surface area contributed by atoms with Gasteiger partial charge in [0, 0.05) is 12.2 Å². The van der Waals surface area contributed by atoms with E-state index in [9.17, 15) is 4.79 Å². The number of aromatic nitrogens is 1. The van der Waals surface area contributed by atoms with Gasteiger partial charge in [0.15, 0.2) is 0 Å².